The molecule has 0 radical (unpaired) electrons. The Hall–Kier alpha value is -0.940. The quantitative estimate of drug-likeness (QED) is 0.880. The smallest absolute Gasteiger partial charge is 0.229 e. The van der Waals surface area contributed by atoms with Crippen molar-refractivity contribution in [1.82, 2.24) is 5.32 Å². The number of carbonyl (C=O) groups excluding carboxylic acids is 1. The van der Waals surface area contributed by atoms with E-state index in [1.165, 1.54) is 6.07 Å². The normalized spacial score (nSPS) is 23.7. The lowest BCUT2D eigenvalue weighted by Gasteiger charge is -2.14. The van der Waals surface area contributed by atoms with E-state index in [-0.39, 0.29) is 17.6 Å². The Kier molecular flexibility index (Phi) is 3.79. The highest BCUT2D eigenvalue weighted by molar-refractivity contribution is 9.10. The molecule has 0 aromatic heterocycles. The van der Waals surface area contributed by atoms with Crippen molar-refractivity contribution in [3.63, 3.8) is 0 Å². The van der Waals surface area contributed by atoms with Gasteiger partial charge in [0.25, 0.3) is 0 Å². The number of halogens is 2. The van der Waals surface area contributed by atoms with Gasteiger partial charge in [-0.25, -0.2) is 4.39 Å². The van der Waals surface area contributed by atoms with Crippen LogP contribution in [0.4, 0.5) is 10.1 Å². The monoisotopic (exact) mass is 300 g/mol. The van der Waals surface area contributed by atoms with Gasteiger partial charge in [0.1, 0.15) is 5.82 Å². The van der Waals surface area contributed by atoms with E-state index >= 15 is 0 Å². The van der Waals surface area contributed by atoms with E-state index < -0.39 is 0 Å². The molecule has 0 saturated carbocycles. The average Bonchev–Trinajstić information content (AvgIpc) is 2.70. The van der Waals surface area contributed by atoms with Gasteiger partial charge in [-0.15, -0.1) is 0 Å². The summed E-state index contributed by atoms with van der Waals surface area (Å²) >= 11 is 3.09. The second-order valence-corrected chi connectivity index (χ2v) is 5.21. The van der Waals surface area contributed by atoms with E-state index in [2.05, 4.69) is 26.6 Å². The zero-order valence-corrected chi connectivity index (χ0v) is 11.1. The van der Waals surface area contributed by atoms with Crippen LogP contribution in [0.25, 0.3) is 0 Å². The van der Waals surface area contributed by atoms with Crippen molar-refractivity contribution in [2.24, 2.45) is 11.8 Å². The number of nitrogens with one attached hydrogen (secondary N) is 2. The minimum absolute atomic E-state index is 0.0130. The molecular weight excluding hydrogens is 287 g/mol. The number of amides is 1. The molecule has 17 heavy (non-hydrogen) atoms. The van der Waals surface area contributed by atoms with E-state index in [1.807, 2.05) is 6.92 Å². The highest BCUT2D eigenvalue weighted by Gasteiger charge is 2.29. The van der Waals surface area contributed by atoms with Crippen molar-refractivity contribution in [3.05, 3.63) is 28.5 Å². The molecule has 1 aliphatic rings. The molecule has 1 fully saturated rings. The molecule has 3 nitrogen and oxygen atoms in total. The lowest BCUT2D eigenvalue weighted by atomic mass is 9.97. The second kappa shape index (κ2) is 5.14. The zero-order valence-electron chi connectivity index (χ0n) is 9.47. The first-order chi connectivity index (χ1) is 8.08. The maximum absolute atomic E-state index is 13.0. The van der Waals surface area contributed by atoms with Crippen molar-refractivity contribution in [3.8, 4) is 0 Å². The Morgan fingerprint density at radius 3 is 2.88 bits per heavy atom. The van der Waals surface area contributed by atoms with Crippen LogP contribution in [0.1, 0.15) is 6.92 Å². The third kappa shape index (κ3) is 2.84. The second-order valence-electron chi connectivity index (χ2n) is 4.36. The molecule has 1 saturated heterocycles. The molecule has 0 spiro atoms. The van der Waals surface area contributed by atoms with Crippen LogP contribution < -0.4 is 10.6 Å². The van der Waals surface area contributed by atoms with Crippen molar-refractivity contribution in [2.75, 3.05) is 18.4 Å². The molecular formula is C12H14BrFN2O. The summed E-state index contributed by atoms with van der Waals surface area (Å²) in [5.41, 5.74) is 0.613. The van der Waals surface area contributed by atoms with Gasteiger partial charge in [-0.1, -0.05) is 6.92 Å². The summed E-state index contributed by atoms with van der Waals surface area (Å²) in [6.45, 7) is 3.62. The Balaban J connectivity index is 2.05. The molecule has 5 heteroatoms. The first-order valence-electron chi connectivity index (χ1n) is 5.54. The van der Waals surface area contributed by atoms with Gasteiger partial charge in [0, 0.05) is 12.2 Å². The highest BCUT2D eigenvalue weighted by Crippen LogP contribution is 2.22. The lowest BCUT2D eigenvalue weighted by Crippen LogP contribution is -2.27. The van der Waals surface area contributed by atoms with Gasteiger partial charge in [0.05, 0.1) is 10.4 Å². The van der Waals surface area contributed by atoms with Crippen LogP contribution >= 0.6 is 15.9 Å². The van der Waals surface area contributed by atoms with E-state index in [0.29, 0.717) is 22.6 Å². The number of benzene rings is 1. The Bertz CT molecular complexity index is 439. The third-order valence-corrected chi connectivity index (χ3v) is 3.65. The molecule has 0 aliphatic carbocycles. The van der Waals surface area contributed by atoms with E-state index in [1.54, 1.807) is 12.1 Å². The van der Waals surface area contributed by atoms with Crippen LogP contribution in [0, 0.1) is 17.7 Å². The molecule has 0 bridgehead atoms. The van der Waals surface area contributed by atoms with Crippen molar-refractivity contribution in [2.45, 2.75) is 6.92 Å². The molecule has 2 rings (SSSR count). The van der Waals surface area contributed by atoms with Gasteiger partial charge in [0.15, 0.2) is 0 Å². The minimum atomic E-state index is -0.334. The Labute approximate surface area is 108 Å². The van der Waals surface area contributed by atoms with E-state index in [4.69, 9.17) is 0 Å². The van der Waals surface area contributed by atoms with Gasteiger partial charge < -0.3 is 10.6 Å². The Morgan fingerprint density at radius 2 is 2.29 bits per heavy atom. The van der Waals surface area contributed by atoms with Gasteiger partial charge in [-0.3, -0.25) is 4.79 Å². The predicted octanol–water partition coefficient (Wildman–Crippen LogP) is 2.38. The lowest BCUT2D eigenvalue weighted by molar-refractivity contribution is -0.120. The maximum atomic E-state index is 13.0. The third-order valence-electron chi connectivity index (χ3n) is 3.04. The number of hydrogen-bond acceptors (Lipinski definition) is 2. The van der Waals surface area contributed by atoms with Gasteiger partial charge in [-0.2, -0.15) is 0 Å². The molecule has 2 unspecified atom stereocenters. The molecule has 1 heterocycles. The van der Waals surface area contributed by atoms with Crippen LogP contribution in [0.15, 0.2) is 22.7 Å². The molecule has 1 aliphatic heterocycles. The molecule has 92 valence electrons. The fraction of sp³-hybridized carbons (Fsp3) is 0.417. The van der Waals surface area contributed by atoms with Crippen molar-refractivity contribution < 1.29 is 9.18 Å². The highest BCUT2D eigenvalue weighted by atomic mass is 79.9. The molecule has 2 atom stereocenters. The van der Waals surface area contributed by atoms with Crippen LogP contribution in [-0.4, -0.2) is 19.0 Å². The van der Waals surface area contributed by atoms with Crippen LogP contribution in [0.3, 0.4) is 0 Å². The molecule has 1 aromatic rings. The molecule has 1 aromatic carbocycles. The van der Waals surface area contributed by atoms with Gasteiger partial charge in [0.2, 0.25) is 5.91 Å². The predicted molar refractivity (Wildman–Crippen MR) is 68.3 cm³/mol. The minimum Gasteiger partial charge on any atom is -0.326 e. The number of hydrogen-bond donors (Lipinski definition) is 2. The van der Waals surface area contributed by atoms with Crippen LogP contribution in [0.2, 0.25) is 0 Å². The largest absolute Gasteiger partial charge is 0.326 e. The summed E-state index contributed by atoms with van der Waals surface area (Å²) < 4.78 is 13.4. The van der Waals surface area contributed by atoms with E-state index in [0.717, 1.165) is 6.54 Å². The van der Waals surface area contributed by atoms with Gasteiger partial charge >= 0.3 is 0 Å². The first kappa shape index (κ1) is 12.5. The van der Waals surface area contributed by atoms with Crippen molar-refractivity contribution in [1.29, 1.82) is 0 Å². The molecule has 1 amide bonds. The summed E-state index contributed by atoms with van der Waals surface area (Å²) in [7, 11) is 0. The summed E-state index contributed by atoms with van der Waals surface area (Å²) in [5, 5.41) is 5.99. The van der Waals surface area contributed by atoms with Crippen LogP contribution in [-0.2, 0) is 4.79 Å². The standard InChI is InChI=1S/C12H14BrFN2O/c1-7-5-15-6-9(7)12(17)16-8-2-3-11(14)10(13)4-8/h2-4,7,9,15H,5-6H2,1H3,(H,16,17). The van der Waals surface area contributed by atoms with E-state index in [9.17, 15) is 9.18 Å². The summed E-state index contributed by atoms with van der Waals surface area (Å²) in [5.74, 6) is -0.0300. The van der Waals surface area contributed by atoms with Gasteiger partial charge in [-0.05, 0) is 46.6 Å². The van der Waals surface area contributed by atoms with Crippen molar-refractivity contribution >= 4 is 27.5 Å². The number of carbonyl (C=O) groups is 1. The topological polar surface area (TPSA) is 41.1 Å². The Morgan fingerprint density at radius 1 is 1.53 bits per heavy atom. The maximum Gasteiger partial charge on any atom is 0.229 e. The molecule has 2 N–H and O–H groups in total. The number of rotatable bonds is 2. The summed E-state index contributed by atoms with van der Waals surface area (Å²) in [6, 6.07) is 4.46. The first-order valence-corrected chi connectivity index (χ1v) is 6.34. The fourth-order valence-corrected chi connectivity index (χ4v) is 2.35. The number of anilines is 1. The summed E-state index contributed by atoms with van der Waals surface area (Å²) in [6.07, 6.45) is 0. The van der Waals surface area contributed by atoms with Crippen LogP contribution in [0.5, 0.6) is 0 Å². The average molecular weight is 301 g/mol. The summed E-state index contributed by atoms with van der Waals surface area (Å²) in [4.78, 5) is 12.0. The fourth-order valence-electron chi connectivity index (χ4n) is 1.97. The SMILES string of the molecule is CC1CNCC1C(=O)Nc1ccc(F)c(Br)c1. The zero-order chi connectivity index (χ0) is 12.4.